The van der Waals surface area contributed by atoms with Crippen LogP contribution in [0.3, 0.4) is 0 Å². The number of piperidine rings is 1. The summed E-state index contributed by atoms with van der Waals surface area (Å²) in [4.78, 5) is 11.7. The summed E-state index contributed by atoms with van der Waals surface area (Å²) in [6.45, 7) is 5.70. The van der Waals surface area contributed by atoms with Crippen LogP contribution in [-0.2, 0) is 14.8 Å². The van der Waals surface area contributed by atoms with Crippen molar-refractivity contribution in [1.29, 1.82) is 0 Å². The zero-order valence-electron chi connectivity index (χ0n) is 9.62. The monoisotopic (exact) mass is 233 g/mol. The lowest BCUT2D eigenvalue weighted by atomic mass is 9.92. The van der Waals surface area contributed by atoms with E-state index in [1.54, 1.807) is 13.8 Å². The highest BCUT2D eigenvalue weighted by Gasteiger charge is 2.43. The van der Waals surface area contributed by atoms with E-state index >= 15 is 0 Å². The Kier molecular flexibility index (Phi) is 3.55. The largest absolute Gasteiger partial charge is 0.298 e. The second kappa shape index (κ2) is 4.22. The Balaban J connectivity index is 2.99. The smallest absolute Gasteiger partial charge is 0.214 e. The van der Waals surface area contributed by atoms with Gasteiger partial charge in [-0.3, -0.25) is 4.79 Å². The molecule has 1 fully saturated rings. The van der Waals surface area contributed by atoms with Crippen molar-refractivity contribution < 1.29 is 13.2 Å². The van der Waals surface area contributed by atoms with E-state index in [9.17, 15) is 13.2 Å². The number of ketones is 1. The molecule has 0 N–H and O–H groups in total. The van der Waals surface area contributed by atoms with E-state index in [1.807, 2.05) is 6.92 Å². The number of carbonyl (C=O) groups is 1. The first kappa shape index (κ1) is 12.6. The van der Waals surface area contributed by atoms with Crippen LogP contribution in [0.5, 0.6) is 0 Å². The Labute approximate surface area is 91.7 Å². The number of sulfonamides is 1. The average molecular weight is 233 g/mol. The van der Waals surface area contributed by atoms with Gasteiger partial charge in [-0.2, -0.15) is 4.31 Å². The molecule has 0 saturated carbocycles. The lowest BCUT2D eigenvalue weighted by molar-refractivity contribution is -0.129. The summed E-state index contributed by atoms with van der Waals surface area (Å²) < 4.78 is 25.2. The fourth-order valence-corrected chi connectivity index (χ4v) is 3.90. The second-order valence-electron chi connectivity index (χ2n) is 4.47. The Morgan fingerprint density at radius 2 is 2.00 bits per heavy atom. The SMILES string of the molecule is CCCS(=O)(=O)N1CCCC(=O)C1(C)C. The quantitative estimate of drug-likeness (QED) is 0.735. The zero-order valence-corrected chi connectivity index (χ0v) is 10.4. The van der Waals surface area contributed by atoms with Crippen LogP contribution in [0.2, 0.25) is 0 Å². The normalized spacial score (nSPS) is 23.0. The summed E-state index contributed by atoms with van der Waals surface area (Å²) in [7, 11) is -3.26. The van der Waals surface area contributed by atoms with Crippen LogP contribution < -0.4 is 0 Å². The molecule has 4 nitrogen and oxygen atoms in total. The van der Waals surface area contributed by atoms with Crippen LogP contribution >= 0.6 is 0 Å². The summed E-state index contributed by atoms with van der Waals surface area (Å²) in [5, 5.41) is 0. The maximum atomic E-state index is 11.9. The number of hydrogen-bond donors (Lipinski definition) is 0. The van der Waals surface area contributed by atoms with E-state index in [-0.39, 0.29) is 11.5 Å². The van der Waals surface area contributed by atoms with Gasteiger partial charge in [0.05, 0.1) is 11.3 Å². The molecule has 0 aliphatic carbocycles. The van der Waals surface area contributed by atoms with Crippen LogP contribution in [-0.4, -0.2) is 36.3 Å². The van der Waals surface area contributed by atoms with Crippen LogP contribution in [0.4, 0.5) is 0 Å². The topological polar surface area (TPSA) is 54.5 Å². The molecule has 0 unspecified atom stereocenters. The van der Waals surface area contributed by atoms with Gasteiger partial charge >= 0.3 is 0 Å². The van der Waals surface area contributed by atoms with Gasteiger partial charge in [0, 0.05) is 13.0 Å². The maximum Gasteiger partial charge on any atom is 0.214 e. The van der Waals surface area contributed by atoms with Crippen LogP contribution in [0.1, 0.15) is 40.0 Å². The van der Waals surface area contributed by atoms with Gasteiger partial charge in [-0.25, -0.2) is 8.42 Å². The van der Waals surface area contributed by atoms with Crippen molar-refractivity contribution in [3.8, 4) is 0 Å². The molecular weight excluding hydrogens is 214 g/mol. The molecule has 0 spiro atoms. The molecule has 0 radical (unpaired) electrons. The third-order valence-electron chi connectivity index (χ3n) is 2.87. The molecule has 1 aliphatic heterocycles. The third kappa shape index (κ3) is 2.39. The highest BCUT2D eigenvalue weighted by atomic mass is 32.2. The van der Waals surface area contributed by atoms with Crippen molar-refractivity contribution in [3.05, 3.63) is 0 Å². The van der Waals surface area contributed by atoms with E-state index in [4.69, 9.17) is 0 Å². The highest BCUT2D eigenvalue weighted by molar-refractivity contribution is 7.89. The molecule has 1 saturated heterocycles. The Morgan fingerprint density at radius 1 is 1.40 bits per heavy atom. The van der Waals surface area contributed by atoms with E-state index in [0.29, 0.717) is 25.8 Å². The van der Waals surface area contributed by atoms with Gasteiger partial charge in [0.1, 0.15) is 0 Å². The van der Waals surface area contributed by atoms with Crippen molar-refractivity contribution in [2.45, 2.75) is 45.6 Å². The molecular formula is C10H19NO3S. The second-order valence-corrected chi connectivity index (χ2v) is 6.49. The summed E-state index contributed by atoms with van der Waals surface area (Å²) in [6, 6.07) is 0. The summed E-state index contributed by atoms with van der Waals surface area (Å²) in [6.07, 6.45) is 1.72. The Morgan fingerprint density at radius 3 is 2.53 bits per heavy atom. The number of rotatable bonds is 3. The van der Waals surface area contributed by atoms with Crippen molar-refractivity contribution >= 4 is 15.8 Å². The van der Waals surface area contributed by atoms with Crippen LogP contribution in [0, 0.1) is 0 Å². The number of hydrogen-bond acceptors (Lipinski definition) is 3. The standard InChI is InChI=1S/C10H19NO3S/c1-4-8-15(13,14)11-7-5-6-9(12)10(11,2)3/h4-8H2,1-3H3. The Bertz CT molecular complexity index is 346. The lowest BCUT2D eigenvalue weighted by Gasteiger charge is -2.39. The minimum absolute atomic E-state index is 0.0217. The van der Waals surface area contributed by atoms with E-state index in [2.05, 4.69) is 0 Å². The zero-order chi connectivity index (χ0) is 11.7. The van der Waals surface area contributed by atoms with Gasteiger partial charge in [0.15, 0.2) is 5.78 Å². The van der Waals surface area contributed by atoms with Crippen LogP contribution in [0.25, 0.3) is 0 Å². The number of carbonyl (C=O) groups excluding carboxylic acids is 1. The fourth-order valence-electron chi connectivity index (χ4n) is 1.96. The molecule has 0 atom stereocenters. The van der Waals surface area contributed by atoms with Gasteiger partial charge in [0.2, 0.25) is 10.0 Å². The highest BCUT2D eigenvalue weighted by Crippen LogP contribution is 2.27. The predicted molar refractivity (Wildman–Crippen MR) is 59.1 cm³/mol. The lowest BCUT2D eigenvalue weighted by Crippen LogP contribution is -2.56. The summed E-state index contributed by atoms with van der Waals surface area (Å²) >= 11 is 0. The minimum atomic E-state index is -3.26. The first-order chi connectivity index (χ1) is 6.82. The van der Waals surface area contributed by atoms with E-state index < -0.39 is 15.6 Å². The molecule has 15 heavy (non-hydrogen) atoms. The van der Waals surface area contributed by atoms with Crippen molar-refractivity contribution in [2.75, 3.05) is 12.3 Å². The van der Waals surface area contributed by atoms with Crippen LogP contribution in [0.15, 0.2) is 0 Å². The van der Waals surface area contributed by atoms with Crippen molar-refractivity contribution in [3.63, 3.8) is 0 Å². The average Bonchev–Trinajstić information content (AvgIpc) is 2.09. The summed E-state index contributed by atoms with van der Waals surface area (Å²) in [5.74, 6) is 0.150. The first-order valence-electron chi connectivity index (χ1n) is 5.36. The number of Topliss-reactive ketones (excluding diaryl/α,β-unsaturated/α-hetero) is 1. The molecule has 0 aromatic carbocycles. The van der Waals surface area contributed by atoms with Gasteiger partial charge in [-0.1, -0.05) is 6.92 Å². The fraction of sp³-hybridized carbons (Fsp3) is 0.900. The van der Waals surface area contributed by atoms with Gasteiger partial charge in [-0.15, -0.1) is 0 Å². The molecule has 88 valence electrons. The summed E-state index contributed by atoms with van der Waals surface area (Å²) in [5.41, 5.74) is -0.855. The molecule has 0 amide bonds. The molecule has 1 rings (SSSR count). The molecule has 1 heterocycles. The van der Waals surface area contributed by atoms with Gasteiger partial charge in [-0.05, 0) is 26.7 Å². The Hall–Kier alpha value is -0.420. The number of nitrogens with zero attached hydrogens (tertiary/aromatic N) is 1. The van der Waals surface area contributed by atoms with Crippen molar-refractivity contribution in [1.82, 2.24) is 4.31 Å². The van der Waals surface area contributed by atoms with Crippen molar-refractivity contribution in [2.24, 2.45) is 0 Å². The van der Waals surface area contributed by atoms with E-state index in [0.717, 1.165) is 0 Å². The molecule has 0 bridgehead atoms. The predicted octanol–water partition coefficient (Wildman–Crippen LogP) is 1.17. The van der Waals surface area contributed by atoms with Gasteiger partial charge < -0.3 is 0 Å². The molecule has 0 aromatic heterocycles. The first-order valence-corrected chi connectivity index (χ1v) is 6.97. The molecule has 1 aliphatic rings. The maximum absolute atomic E-state index is 11.9. The minimum Gasteiger partial charge on any atom is -0.298 e. The molecule has 0 aromatic rings. The van der Waals surface area contributed by atoms with E-state index in [1.165, 1.54) is 4.31 Å². The van der Waals surface area contributed by atoms with Gasteiger partial charge in [0.25, 0.3) is 0 Å². The third-order valence-corrected chi connectivity index (χ3v) is 5.10. The molecule has 5 heteroatoms.